The van der Waals surface area contributed by atoms with Crippen molar-refractivity contribution in [1.82, 2.24) is 0 Å². The minimum atomic E-state index is -2.17. The third kappa shape index (κ3) is 3.55. The molecule has 6 nitrogen and oxygen atoms in total. The first-order valence-corrected chi connectivity index (χ1v) is 14.1. The highest BCUT2D eigenvalue weighted by Crippen LogP contribution is 2.62. The van der Waals surface area contributed by atoms with Gasteiger partial charge < -0.3 is 20.1 Å². The molecular formula is C31H36O6S. The van der Waals surface area contributed by atoms with E-state index in [-0.39, 0.29) is 23.2 Å². The predicted molar refractivity (Wildman–Crippen MR) is 146 cm³/mol. The zero-order valence-corrected chi connectivity index (χ0v) is 23.3. The van der Waals surface area contributed by atoms with Crippen molar-refractivity contribution in [2.24, 2.45) is 28.6 Å². The van der Waals surface area contributed by atoms with Crippen LogP contribution in [-0.2, 0) is 9.53 Å². The maximum Gasteiger partial charge on any atom is 0.349 e. The average Bonchev–Trinajstić information content (AvgIpc) is 3.44. The zero-order valence-electron chi connectivity index (χ0n) is 22.5. The summed E-state index contributed by atoms with van der Waals surface area (Å²) in [6.45, 7) is 9.29. The Bertz CT molecular complexity index is 1320. The summed E-state index contributed by atoms with van der Waals surface area (Å²) >= 11 is 1.24. The Hall–Kier alpha value is -2.58. The number of fused-ring (bicyclic) bond motifs is 1. The molecule has 5 rings (SSSR count). The van der Waals surface area contributed by atoms with Gasteiger partial charge in [-0.1, -0.05) is 70.2 Å². The zero-order chi connectivity index (χ0) is 27.6. The summed E-state index contributed by atoms with van der Waals surface area (Å²) in [5.41, 5.74) is -1.86. The number of hydrogen-bond donors (Lipinski definition) is 3. The second-order valence-electron chi connectivity index (χ2n) is 11.9. The van der Waals surface area contributed by atoms with E-state index in [1.807, 2.05) is 62.5 Å². The van der Waals surface area contributed by atoms with Gasteiger partial charge in [-0.2, -0.15) is 0 Å². The van der Waals surface area contributed by atoms with Crippen molar-refractivity contribution in [1.29, 1.82) is 0 Å². The van der Waals surface area contributed by atoms with Gasteiger partial charge in [0.1, 0.15) is 11.0 Å². The molecule has 0 amide bonds. The number of aliphatic hydroxyl groups excluding tert-OH is 2. The standard InChI is InChI=1S/C31H36O6S/c1-17-15-30-19(3)13-18(2)29(4,5)23(26(30)34)14-21(16-32)25(33)31(30,36)27(17)37-28(35)24-22(11-12-38-24)20-9-7-6-8-10-20/h6-12,14-15,18-19,23,25,27,32-33,36H,13,16H2,1-5H3/t18-,19?,23+,25+,27-,30?,31-/m0/s1. The Labute approximate surface area is 227 Å². The van der Waals surface area contributed by atoms with Gasteiger partial charge in [0, 0.05) is 11.5 Å². The van der Waals surface area contributed by atoms with Crippen molar-refractivity contribution < 1.29 is 29.6 Å². The molecule has 1 aromatic carbocycles. The van der Waals surface area contributed by atoms with Crippen LogP contribution in [-0.4, -0.2) is 51.5 Å². The Morgan fingerprint density at radius 1 is 1.13 bits per heavy atom. The van der Waals surface area contributed by atoms with Gasteiger partial charge >= 0.3 is 5.97 Å². The van der Waals surface area contributed by atoms with Gasteiger partial charge in [0.2, 0.25) is 0 Å². The lowest BCUT2D eigenvalue weighted by Crippen LogP contribution is -2.65. The number of carbonyl (C=O) groups excluding carboxylic acids is 2. The van der Waals surface area contributed by atoms with Gasteiger partial charge in [-0.05, 0) is 58.8 Å². The minimum Gasteiger partial charge on any atom is -0.450 e. The molecule has 3 aliphatic rings. The highest BCUT2D eigenvalue weighted by Gasteiger charge is 2.73. The largest absolute Gasteiger partial charge is 0.450 e. The highest BCUT2D eigenvalue weighted by atomic mass is 32.1. The van der Waals surface area contributed by atoms with Gasteiger partial charge in [-0.25, -0.2) is 4.79 Å². The lowest BCUT2D eigenvalue weighted by Gasteiger charge is -2.48. The number of ketones is 1. The van der Waals surface area contributed by atoms with Gasteiger partial charge in [-0.3, -0.25) is 4.79 Å². The molecule has 7 heteroatoms. The molecule has 2 bridgehead atoms. The normalized spacial score (nSPS) is 36.0. The Morgan fingerprint density at radius 2 is 1.82 bits per heavy atom. The molecule has 2 aromatic rings. The fourth-order valence-electron chi connectivity index (χ4n) is 7.13. The highest BCUT2D eigenvalue weighted by molar-refractivity contribution is 7.12. The van der Waals surface area contributed by atoms with E-state index < -0.39 is 47.1 Å². The first kappa shape index (κ1) is 27.0. The first-order chi connectivity index (χ1) is 17.9. The fourth-order valence-corrected chi connectivity index (χ4v) is 7.92. The van der Waals surface area contributed by atoms with Crippen LogP contribution in [0.4, 0.5) is 0 Å². The minimum absolute atomic E-state index is 0.122. The van der Waals surface area contributed by atoms with Crippen LogP contribution in [0.3, 0.4) is 0 Å². The molecule has 0 saturated heterocycles. The van der Waals surface area contributed by atoms with Crippen molar-refractivity contribution >= 4 is 23.1 Å². The molecule has 7 atom stereocenters. The summed E-state index contributed by atoms with van der Waals surface area (Å²) in [7, 11) is 0. The Morgan fingerprint density at radius 3 is 2.47 bits per heavy atom. The number of hydrogen-bond acceptors (Lipinski definition) is 7. The molecule has 2 unspecified atom stereocenters. The van der Waals surface area contributed by atoms with Crippen molar-refractivity contribution in [2.75, 3.05) is 6.61 Å². The number of carbonyl (C=O) groups is 2. The summed E-state index contributed by atoms with van der Waals surface area (Å²) in [5, 5.41) is 36.4. The summed E-state index contributed by atoms with van der Waals surface area (Å²) in [4.78, 5) is 28.5. The molecule has 38 heavy (non-hydrogen) atoms. The Kier molecular flexibility index (Phi) is 6.58. The molecule has 1 aromatic heterocycles. The van der Waals surface area contributed by atoms with E-state index in [1.165, 1.54) is 11.3 Å². The maximum absolute atomic E-state index is 14.5. The van der Waals surface area contributed by atoms with Crippen LogP contribution in [0.25, 0.3) is 11.1 Å². The van der Waals surface area contributed by atoms with Crippen molar-refractivity contribution in [3.05, 3.63) is 70.0 Å². The molecular weight excluding hydrogens is 500 g/mol. The van der Waals surface area contributed by atoms with Gasteiger partial charge in [0.15, 0.2) is 17.5 Å². The lowest BCUT2D eigenvalue weighted by molar-refractivity contribution is -0.190. The Balaban J connectivity index is 1.63. The number of allylic oxidation sites excluding steroid dienone is 1. The number of benzene rings is 1. The molecule has 1 fully saturated rings. The summed E-state index contributed by atoms with van der Waals surface area (Å²) in [6.07, 6.45) is 1.15. The third-order valence-corrected chi connectivity index (χ3v) is 10.6. The number of aliphatic hydroxyl groups is 3. The van der Waals surface area contributed by atoms with E-state index in [2.05, 4.69) is 6.92 Å². The number of esters is 1. The molecule has 1 spiro atoms. The maximum atomic E-state index is 14.5. The second kappa shape index (κ2) is 9.26. The molecule has 1 heterocycles. The molecule has 1 saturated carbocycles. The van der Waals surface area contributed by atoms with Crippen LogP contribution in [0.5, 0.6) is 0 Å². The van der Waals surface area contributed by atoms with E-state index >= 15 is 0 Å². The number of Topliss-reactive ketones (excluding diaryl/α,β-unsaturated/α-hetero) is 1. The predicted octanol–water partition coefficient (Wildman–Crippen LogP) is 4.80. The number of thiophene rings is 1. The van der Waals surface area contributed by atoms with Crippen LogP contribution >= 0.6 is 11.3 Å². The van der Waals surface area contributed by atoms with Crippen molar-refractivity contribution in [3.8, 4) is 11.1 Å². The van der Waals surface area contributed by atoms with Gasteiger partial charge in [-0.15, -0.1) is 11.3 Å². The van der Waals surface area contributed by atoms with Crippen LogP contribution in [0.15, 0.2) is 65.1 Å². The molecule has 0 aliphatic heterocycles. The van der Waals surface area contributed by atoms with E-state index in [1.54, 1.807) is 19.1 Å². The topological polar surface area (TPSA) is 104 Å². The fraction of sp³-hybridized carbons (Fsp3) is 0.484. The summed E-state index contributed by atoms with van der Waals surface area (Å²) in [6, 6.07) is 11.3. The van der Waals surface area contributed by atoms with E-state index in [4.69, 9.17) is 4.74 Å². The average molecular weight is 537 g/mol. The molecule has 0 radical (unpaired) electrons. The smallest absolute Gasteiger partial charge is 0.349 e. The quantitative estimate of drug-likeness (QED) is 0.383. The van der Waals surface area contributed by atoms with Crippen molar-refractivity contribution in [3.63, 3.8) is 0 Å². The molecule has 3 aliphatic carbocycles. The van der Waals surface area contributed by atoms with Crippen LogP contribution < -0.4 is 0 Å². The third-order valence-electron chi connectivity index (χ3n) is 9.67. The monoisotopic (exact) mass is 536 g/mol. The molecule has 202 valence electrons. The van der Waals surface area contributed by atoms with E-state index in [9.17, 15) is 24.9 Å². The van der Waals surface area contributed by atoms with Crippen LogP contribution in [0, 0.1) is 28.6 Å². The van der Waals surface area contributed by atoms with E-state index in [0.717, 1.165) is 5.56 Å². The summed E-state index contributed by atoms with van der Waals surface area (Å²) < 4.78 is 6.06. The van der Waals surface area contributed by atoms with Crippen molar-refractivity contribution in [2.45, 2.75) is 58.8 Å². The van der Waals surface area contributed by atoms with Gasteiger partial charge in [0.25, 0.3) is 0 Å². The lowest BCUT2D eigenvalue weighted by atomic mass is 9.59. The SMILES string of the molecule is CC1=CC23C(=O)[C@@H](C=C(CO)[C@@H](O)[C@]2(O)[C@H]1OC(=O)c1sccc1-c1ccccc1)C(C)(C)[C@@H](C)CC3C. The first-order valence-electron chi connectivity index (χ1n) is 13.2. The van der Waals surface area contributed by atoms with Gasteiger partial charge in [0.05, 0.1) is 12.0 Å². The second-order valence-corrected chi connectivity index (χ2v) is 12.8. The summed E-state index contributed by atoms with van der Waals surface area (Å²) in [5.74, 6) is -1.69. The number of ether oxygens (including phenoxy) is 1. The number of rotatable bonds is 4. The van der Waals surface area contributed by atoms with Crippen LogP contribution in [0.2, 0.25) is 0 Å². The molecule has 3 N–H and O–H groups in total. The van der Waals surface area contributed by atoms with E-state index in [0.29, 0.717) is 22.4 Å². The van der Waals surface area contributed by atoms with Crippen LogP contribution in [0.1, 0.15) is 50.7 Å².